The summed E-state index contributed by atoms with van der Waals surface area (Å²) in [5.74, 6) is 2.40. The Labute approximate surface area is 321 Å². The van der Waals surface area contributed by atoms with Crippen LogP contribution in [0.15, 0.2) is 78.9 Å². The van der Waals surface area contributed by atoms with Crippen LogP contribution in [0, 0.1) is 11.6 Å². The molecule has 4 aliphatic rings. The maximum atomic E-state index is 15.0. The maximum absolute atomic E-state index is 15.0. The highest BCUT2D eigenvalue weighted by Gasteiger charge is 2.35. The Kier molecular flexibility index (Phi) is 10.3. The number of halogens is 2. The topological polar surface area (TPSA) is 61.9 Å². The average Bonchev–Trinajstić information content (AvgIpc) is 3.19. The zero-order valence-electron chi connectivity index (χ0n) is 31.9. The molecule has 4 heterocycles. The summed E-state index contributed by atoms with van der Waals surface area (Å²) < 4.78 is 67.1. The van der Waals surface area contributed by atoms with Gasteiger partial charge in [-0.3, -0.25) is 9.80 Å². The van der Waals surface area contributed by atoms with Gasteiger partial charge >= 0.3 is 0 Å². The van der Waals surface area contributed by atoms with Gasteiger partial charge < -0.3 is 28.4 Å². The fraction of sp³-hybridized carbons (Fsp3) is 0.333. The number of likely N-dealkylation sites (N-methyl/N-ethyl adjacent to an activating group) is 2. The van der Waals surface area contributed by atoms with Gasteiger partial charge in [-0.2, -0.15) is 0 Å². The largest absolute Gasteiger partial charge is 0.493 e. The van der Waals surface area contributed by atoms with Gasteiger partial charge in [0.25, 0.3) is 0 Å². The van der Waals surface area contributed by atoms with Crippen molar-refractivity contribution < 1.29 is 37.2 Å². The fourth-order valence-electron chi connectivity index (χ4n) is 8.25. The van der Waals surface area contributed by atoms with Crippen molar-refractivity contribution in [2.24, 2.45) is 0 Å². The summed E-state index contributed by atoms with van der Waals surface area (Å²) in [4.78, 5) is 4.71. The molecule has 0 fully saturated rings. The standard InChI is InChI=1S/C45H46F2N2O6/c1-48-19-17-29-23-38(51-4)40-25-33(29)35(48)15-11-27-9-13-32(14-10-27)54-39-22-28(12-16-37(39)50-3)21-36-42-30(18-20-49(36)2)24-41(52-5)44(45(42)55-40)53-26-31-7-6-8-34(46)43(31)47/h6-10,12-14,16,22-25,35-36H,11,15,17-21,26H2,1-5H3/t35-,36-/m0/s1. The lowest BCUT2D eigenvalue weighted by atomic mass is 9.87. The van der Waals surface area contributed by atoms with Crippen LogP contribution in [0.2, 0.25) is 0 Å². The van der Waals surface area contributed by atoms with Crippen molar-refractivity contribution in [1.29, 1.82) is 0 Å². The summed E-state index contributed by atoms with van der Waals surface area (Å²) in [5, 5.41) is 0. The number of fused-ring (bicyclic) bond motifs is 3. The first-order valence-electron chi connectivity index (χ1n) is 18.8. The first-order valence-corrected chi connectivity index (χ1v) is 18.8. The molecule has 6 bridgehead atoms. The van der Waals surface area contributed by atoms with Gasteiger partial charge in [-0.25, -0.2) is 8.78 Å². The number of hydrogen-bond acceptors (Lipinski definition) is 8. The highest BCUT2D eigenvalue weighted by atomic mass is 19.2. The lowest BCUT2D eigenvalue weighted by Crippen LogP contribution is -2.34. The third-order valence-electron chi connectivity index (χ3n) is 11.3. The normalized spacial score (nSPS) is 18.2. The zero-order chi connectivity index (χ0) is 38.2. The lowest BCUT2D eigenvalue weighted by Gasteiger charge is -2.37. The van der Waals surface area contributed by atoms with Crippen LogP contribution >= 0.6 is 0 Å². The van der Waals surface area contributed by atoms with Crippen molar-refractivity contribution in [3.8, 4) is 46.0 Å². The molecule has 0 aromatic heterocycles. The Bertz CT molecular complexity index is 2210. The minimum atomic E-state index is -0.956. The van der Waals surface area contributed by atoms with Gasteiger partial charge in [-0.15, -0.1) is 0 Å². The van der Waals surface area contributed by atoms with Gasteiger partial charge in [0.15, 0.2) is 46.1 Å². The van der Waals surface area contributed by atoms with E-state index in [-0.39, 0.29) is 24.3 Å². The molecule has 10 heteroatoms. The summed E-state index contributed by atoms with van der Waals surface area (Å²) in [6.45, 7) is 1.46. The van der Waals surface area contributed by atoms with Crippen LogP contribution in [0.25, 0.3) is 0 Å². The Morgan fingerprint density at radius 2 is 1.38 bits per heavy atom. The molecule has 0 spiro atoms. The molecule has 0 aliphatic carbocycles. The fourth-order valence-corrected chi connectivity index (χ4v) is 8.25. The monoisotopic (exact) mass is 748 g/mol. The van der Waals surface area contributed by atoms with Gasteiger partial charge in [0.05, 0.1) is 21.3 Å². The molecule has 4 aliphatic heterocycles. The molecule has 5 aromatic carbocycles. The molecular weight excluding hydrogens is 702 g/mol. The second-order valence-electron chi connectivity index (χ2n) is 14.6. The molecule has 0 saturated heterocycles. The summed E-state index contributed by atoms with van der Waals surface area (Å²) in [6.07, 6.45) is 3.95. The van der Waals surface area contributed by atoms with Crippen molar-refractivity contribution in [3.63, 3.8) is 0 Å². The Morgan fingerprint density at radius 3 is 2.15 bits per heavy atom. The Morgan fingerprint density at radius 1 is 0.691 bits per heavy atom. The van der Waals surface area contributed by atoms with E-state index in [0.717, 1.165) is 67.3 Å². The first kappa shape index (κ1) is 36.6. The van der Waals surface area contributed by atoms with Crippen LogP contribution in [-0.4, -0.2) is 58.3 Å². The van der Waals surface area contributed by atoms with Gasteiger partial charge in [0.2, 0.25) is 5.75 Å². The summed E-state index contributed by atoms with van der Waals surface area (Å²) in [5.41, 5.74) is 6.69. The van der Waals surface area contributed by atoms with Crippen LogP contribution in [-0.2, 0) is 32.3 Å². The number of rotatable bonds is 6. The number of aryl methyl sites for hydroxylation is 1. The SMILES string of the molecule is COc1ccc2cc1Oc1ccc(cc1)CC[C@H]1c3cc(c(OC)cc3CCN1C)Oc1c(OCc3cccc(F)c3F)c(OC)cc3c1[C@H](C2)N(C)CC3. The van der Waals surface area contributed by atoms with E-state index in [9.17, 15) is 4.39 Å². The molecule has 55 heavy (non-hydrogen) atoms. The highest BCUT2D eigenvalue weighted by Crippen LogP contribution is 2.52. The zero-order valence-corrected chi connectivity index (χ0v) is 31.9. The van der Waals surface area contributed by atoms with E-state index in [1.165, 1.54) is 28.8 Å². The molecule has 0 radical (unpaired) electrons. The van der Waals surface area contributed by atoms with Gasteiger partial charge in [-0.1, -0.05) is 30.3 Å². The minimum Gasteiger partial charge on any atom is -0.493 e. The molecule has 0 unspecified atom stereocenters. The quantitative estimate of drug-likeness (QED) is 0.170. The maximum Gasteiger partial charge on any atom is 0.204 e. The molecule has 0 saturated carbocycles. The molecule has 286 valence electrons. The van der Waals surface area contributed by atoms with E-state index in [0.29, 0.717) is 46.7 Å². The summed E-state index contributed by atoms with van der Waals surface area (Å²) >= 11 is 0. The number of nitrogens with zero attached hydrogens (tertiary/aromatic N) is 2. The van der Waals surface area contributed by atoms with E-state index in [2.05, 4.69) is 54.2 Å². The lowest BCUT2D eigenvalue weighted by molar-refractivity contribution is 0.214. The molecular formula is C45H46F2N2O6. The van der Waals surface area contributed by atoms with Crippen molar-refractivity contribution in [2.45, 2.75) is 50.8 Å². The van der Waals surface area contributed by atoms with Gasteiger partial charge in [-0.05, 0) is 123 Å². The molecule has 0 amide bonds. The number of methoxy groups -OCH3 is 3. The minimum absolute atomic E-state index is 0.0773. The highest BCUT2D eigenvalue weighted by molar-refractivity contribution is 5.64. The number of hydrogen-bond donors (Lipinski definition) is 0. The predicted octanol–water partition coefficient (Wildman–Crippen LogP) is 9.40. The van der Waals surface area contributed by atoms with Crippen molar-refractivity contribution in [2.75, 3.05) is 48.5 Å². The molecule has 9 rings (SSSR count). The van der Waals surface area contributed by atoms with Crippen LogP contribution in [0.3, 0.4) is 0 Å². The van der Waals surface area contributed by atoms with E-state index >= 15 is 4.39 Å². The van der Waals surface area contributed by atoms with E-state index < -0.39 is 11.6 Å². The molecule has 0 N–H and O–H groups in total. The molecule has 8 nitrogen and oxygen atoms in total. The third-order valence-corrected chi connectivity index (χ3v) is 11.3. The van der Waals surface area contributed by atoms with E-state index in [1.807, 2.05) is 30.3 Å². The third kappa shape index (κ3) is 7.16. The van der Waals surface area contributed by atoms with Crippen LogP contribution in [0.4, 0.5) is 8.78 Å². The van der Waals surface area contributed by atoms with Gasteiger partial charge in [0, 0.05) is 36.3 Å². The Hall–Kier alpha value is -5.32. The van der Waals surface area contributed by atoms with Crippen molar-refractivity contribution in [3.05, 3.63) is 129 Å². The summed E-state index contributed by atoms with van der Waals surface area (Å²) in [7, 11) is 9.14. The summed E-state index contributed by atoms with van der Waals surface area (Å²) in [6, 6.07) is 24.5. The van der Waals surface area contributed by atoms with Crippen LogP contribution < -0.4 is 28.4 Å². The Balaban J connectivity index is 1.34. The van der Waals surface area contributed by atoms with Crippen molar-refractivity contribution >= 4 is 0 Å². The first-order chi connectivity index (χ1) is 26.7. The van der Waals surface area contributed by atoms with E-state index in [4.69, 9.17) is 28.4 Å². The smallest absolute Gasteiger partial charge is 0.204 e. The van der Waals surface area contributed by atoms with Crippen LogP contribution in [0.5, 0.6) is 46.0 Å². The molecule has 2 atom stereocenters. The van der Waals surface area contributed by atoms with Gasteiger partial charge in [0.1, 0.15) is 12.4 Å². The number of ether oxygens (including phenoxy) is 6. The van der Waals surface area contributed by atoms with Crippen molar-refractivity contribution in [1.82, 2.24) is 9.80 Å². The average molecular weight is 749 g/mol. The predicted molar refractivity (Wildman–Crippen MR) is 206 cm³/mol. The van der Waals surface area contributed by atoms with Crippen LogP contribution in [0.1, 0.15) is 57.4 Å². The number of benzene rings is 5. The molecule has 5 aromatic rings. The van der Waals surface area contributed by atoms with E-state index in [1.54, 1.807) is 21.3 Å². The second-order valence-corrected chi connectivity index (χ2v) is 14.6. The second kappa shape index (κ2) is 15.4.